The summed E-state index contributed by atoms with van der Waals surface area (Å²) in [4.78, 5) is 15.5. The minimum atomic E-state index is -0.411. The number of benzene rings is 1. The van der Waals surface area contributed by atoms with E-state index in [1.54, 1.807) is 12.1 Å². The first kappa shape index (κ1) is 10.3. The largest absolute Gasteiger partial charge is 0.331 e. The summed E-state index contributed by atoms with van der Waals surface area (Å²) in [7, 11) is 0. The number of aryl methyl sites for hydroxylation is 1. The van der Waals surface area contributed by atoms with Crippen LogP contribution in [0.1, 0.15) is 4.88 Å². The van der Waals surface area contributed by atoms with Crippen LogP contribution in [0.2, 0.25) is 0 Å². The molecular weight excluding hydrogens is 239 g/mol. The Kier molecular flexibility index (Phi) is 2.16. The number of imidazole rings is 1. The van der Waals surface area contributed by atoms with Gasteiger partial charge in [0, 0.05) is 4.88 Å². The van der Waals surface area contributed by atoms with Crippen LogP contribution in [0.3, 0.4) is 0 Å². The highest BCUT2D eigenvalue weighted by atomic mass is 32.1. The number of H-pyrrole nitrogens is 1. The standard InChI is InChI=1S/C12H9FN2OS/c1-7-5-6-10(17-7)15-9-4-2-3-8(13)11(9)14-12(15)16/h2-6H,1H3,(H,14,16). The second kappa shape index (κ2) is 3.56. The molecule has 0 saturated heterocycles. The van der Waals surface area contributed by atoms with E-state index >= 15 is 0 Å². The maximum Gasteiger partial charge on any atom is 0.331 e. The predicted molar refractivity (Wildman–Crippen MR) is 66.5 cm³/mol. The highest BCUT2D eigenvalue weighted by Crippen LogP contribution is 2.23. The van der Waals surface area contributed by atoms with E-state index in [0.29, 0.717) is 5.52 Å². The molecule has 0 aliphatic carbocycles. The van der Waals surface area contributed by atoms with Gasteiger partial charge < -0.3 is 4.98 Å². The topological polar surface area (TPSA) is 37.8 Å². The molecule has 5 heteroatoms. The smallest absolute Gasteiger partial charge is 0.303 e. The van der Waals surface area contributed by atoms with Crippen molar-refractivity contribution in [3.8, 4) is 5.00 Å². The molecular formula is C12H9FN2OS. The average molecular weight is 248 g/mol. The molecule has 0 aliphatic heterocycles. The molecule has 17 heavy (non-hydrogen) atoms. The molecule has 0 unspecified atom stereocenters. The third-order valence-electron chi connectivity index (χ3n) is 2.61. The van der Waals surface area contributed by atoms with Gasteiger partial charge in [-0.25, -0.2) is 9.18 Å². The summed E-state index contributed by atoms with van der Waals surface area (Å²) in [6, 6.07) is 8.46. The minimum Gasteiger partial charge on any atom is -0.303 e. The number of aromatic amines is 1. The first-order valence-electron chi connectivity index (χ1n) is 5.13. The zero-order valence-corrected chi connectivity index (χ0v) is 9.84. The zero-order chi connectivity index (χ0) is 12.0. The Morgan fingerprint density at radius 2 is 2.12 bits per heavy atom. The molecule has 0 atom stereocenters. The number of nitrogens with zero attached hydrogens (tertiary/aromatic N) is 1. The molecule has 0 radical (unpaired) electrons. The molecule has 0 fully saturated rings. The molecule has 0 amide bonds. The first-order chi connectivity index (χ1) is 8.16. The molecule has 1 N–H and O–H groups in total. The molecule has 3 aromatic rings. The number of para-hydroxylation sites is 1. The number of fused-ring (bicyclic) bond motifs is 1. The monoisotopic (exact) mass is 248 g/mol. The van der Waals surface area contributed by atoms with Crippen LogP contribution in [0.15, 0.2) is 35.1 Å². The van der Waals surface area contributed by atoms with Gasteiger partial charge in [-0.15, -0.1) is 11.3 Å². The molecule has 3 nitrogen and oxygen atoms in total. The second-order valence-electron chi connectivity index (χ2n) is 3.78. The maximum atomic E-state index is 13.5. The highest BCUT2D eigenvalue weighted by Gasteiger charge is 2.12. The summed E-state index contributed by atoms with van der Waals surface area (Å²) >= 11 is 1.50. The van der Waals surface area contributed by atoms with Gasteiger partial charge in [0.2, 0.25) is 0 Å². The Balaban J connectivity index is 2.40. The minimum absolute atomic E-state index is 0.253. The van der Waals surface area contributed by atoms with E-state index in [0.717, 1.165) is 9.88 Å². The maximum absolute atomic E-state index is 13.5. The Morgan fingerprint density at radius 1 is 1.29 bits per heavy atom. The Labute approximate surface area is 100 Å². The van der Waals surface area contributed by atoms with Crippen LogP contribution in [0.5, 0.6) is 0 Å². The van der Waals surface area contributed by atoms with Gasteiger partial charge >= 0.3 is 5.69 Å². The molecule has 86 valence electrons. The number of hydrogen-bond donors (Lipinski definition) is 1. The van der Waals surface area contributed by atoms with Gasteiger partial charge in [-0.2, -0.15) is 0 Å². The summed E-state index contributed by atoms with van der Waals surface area (Å²) in [6.45, 7) is 1.97. The molecule has 0 aliphatic rings. The number of thiophene rings is 1. The molecule has 0 spiro atoms. The lowest BCUT2D eigenvalue weighted by Gasteiger charge is -1.98. The van der Waals surface area contributed by atoms with Crippen molar-refractivity contribution in [2.24, 2.45) is 0 Å². The third-order valence-corrected chi connectivity index (χ3v) is 3.60. The van der Waals surface area contributed by atoms with Gasteiger partial charge in [0.1, 0.15) is 16.3 Å². The van der Waals surface area contributed by atoms with E-state index in [9.17, 15) is 9.18 Å². The zero-order valence-electron chi connectivity index (χ0n) is 9.03. The second-order valence-corrected chi connectivity index (χ2v) is 5.05. The van der Waals surface area contributed by atoms with Crippen LogP contribution in [-0.4, -0.2) is 9.55 Å². The van der Waals surface area contributed by atoms with Crippen molar-refractivity contribution in [1.82, 2.24) is 9.55 Å². The number of halogens is 1. The van der Waals surface area contributed by atoms with E-state index in [-0.39, 0.29) is 11.2 Å². The van der Waals surface area contributed by atoms with Gasteiger partial charge in [0.15, 0.2) is 0 Å². The fraction of sp³-hybridized carbons (Fsp3) is 0.0833. The quantitative estimate of drug-likeness (QED) is 0.706. The van der Waals surface area contributed by atoms with Gasteiger partial charge in [-0.05, 0) is 31.2 Å². The normalized spacial score (nSPS) is 11.2. The number of hydrogen-bond acceptors (Lipinski definition) is 2. The van der Waals surface area contributed by atoms with E-state index in [4.69, 9.17) is 0 Å². The lowest BCUT2D eigenvalue weighted by atomic mass is 10.3. The van der Waals surface area contributed by atoms with Crippen molar-refractivity contribution in [3.63, 3.8) is 0 Å². The van der Waals surface area contributed by atoms with Crippen molar-refractivity contribution in [1.29, 1.82) is 0 Å². The predicted octanol–water partition coefficient (Wildman–Crippen LogP) is 2.83. The summed E-state index contributed by atoms with van der Waals surface area (Å²) in [5, 5.41) is 0.796. The Morgan fingerprint density at radius 3 is 2.82 bits per heavy atom. The van der Waals surface area contributed by atoms with Gasteiger partial charge in [0.25, 0.3) is 0 Å². The van der Waals surface area contributed by atoms with Crippen LogP contribution in [-0.2, 0) is 0 Å². The van der Waals surface area contributed by atoms with E-state index in [2.05, 4.69) is 4.98 Å². The molecule has 1 aromatic carbocycles. The molecule has 3 rings (SSSR count). The summed E-state index contributed by atoms with van der Waals surface area (Å²) in [6.07, 6.45) is 0. The SMILES string of the molecule is Cc1ccc(-n2c(=O)[nH]c3c(F)cccc32)s1. The molecule has 0 saturated carbocycles. The summed E-state index contributed by atoms with van der Waals surface area (Å²) < 4.78 is 15.0. The number of aromatic nitrogens is 2. The first-order valence-corrected chi connectivity index (χ1v) is 5.94. The molecule has 2 heterocycles. The lowest BCUT2D eigenvalue weighted by molar-refractivity contribution is 0.637. The van der Waals surface area contributed by atoms with E-state index in [1.807, 2.05) is 19.1 Å². The van der Waals surface area contributed by atoms with E-state index in [1.165, 1.54) is 22.0 Å². The van der Waals surface area contributed by atoms with Crippen LogP contribution in [0.4, 0.5) is 4.39 Å². The fourth-order valence-corrected chi connectivity index (χ4v) is 2.73. The summed E-state index contributed by atoms with van der Waals surface area (Å²) in [5.41, 5.74) is 0.507. The van der Waals surface area contributed by atoms with Gasteiger partial charge in [-0.1, -0.05) is 6.07 Å². The van der Waals surface area contributed by atoms with Gasteiger partial charge in [0.05, 0.1) is 5.52 Å². The van der Waals surface area contributed by atoms with E-state index < -0.39 is 5.82 Å². The summed E-state index contributed by atoms with van der Waals surface area (Å²) in [5.74, 6) is -0.411. The Hall–Kier alpha value is -1.88. The third kappa shape index (κ3) is 1.51. The van der Waals surface area contributed by atoms with Crippen molar-refractivity contribution in [3.05, 3.63) is 51.5 Å². The van der Waals surface area contributed by atoms with Crippen LogP contribution < -0.4 is 5.69 Å². The Bertz CT molecular complexity index is 753. The lowest BCUT2D eigenvalue weighted by Crippen LogP contribution is -2.13. The average Bonchev–Trinajstić information content (AvgIpc) is 2.82. The van der Waals surface area contributed by atoms with Crippen LogP contribution in [0.25, 0.3) is 16.0 Å². The van der Waals surface area contributed by atoms with Crippen LogP contribution >= 0.6 is 11.3 Å². The van der Waals surface area contributed by atoms with Gasteiger partial charge in [-0.3, -0.25) is 4.57 Å². The number of nitrogens with one attached hydrogen (secondary N) is 1. The molecule has 2 aromatic heterocycles. The van der Waals surface area contributed by atoms with Crippen molar-refractivity contribution >= 4 is 22.4 Å². The molecule has 0 bridgehead atoms. The van der Waals surface area contributed by atoms with Crippen molar-refractivity contribution in [2.75, 3.05) is 0 Å². The highest BCUT2D eigenvalue weighted by molar-refractivity contribution is 7.14. The van der Waals surface area contributed by atoms with Crippen LogP contribution in [0, 0.1) is 12.7 Å². The van der Waals surface area contributed by atoms with Crippen molar-refractivity contribution in [2.45, 2.75) is 6.92 Å². The fourth-order valence-electron chi connectivity index (χ4n) is 1.86. The van der Waals surface area contributed by atoms with Crippen molar-refractivity contribution < 1.29 is 4.39 Å². The number of rotatable bonds is 1.